The fourth-order valence-corrected chi connectivity index (χ4v) is 1.59. The summed E-state index contributed by atoms with van der Waals surface area (Å²) in [6.45, 7) is 0. The summed E-state index contributed by atoms with van der Waals surface area (Å²) in [6.07, 6.45) is 6.90. The molecule has 1 unspecified atom stereocenters. The lowest BCUT2D eigenvalue weighted by molar-refractivity contribution is 0.183. The zero-order valence-electron chi connectivity index (χ0n) is 9.32. The monoisotopic (exact) mass is 230 g/mol. The molecule has 2 N–H and O–H groups in total. The van der Waals surface area contributed by atoms with Gasteiger partial charge in [-0.05, 0) is 18.2 Å². The fourth-order valence-electron chi connectivity index (χ4n) is 1.59. The van der Waals surface area contributed by atoms with Gasteiger partial charge in [0.05, 0.1) is 5.71 Å². The van der Waals surface area contributed by atoms with E-state index >= 15 is 0 Å². The largest absolute Gasteiger partial charge is 0.506 e. The average molecular weight is 230 g/mol. The fraction of sp³-hybridized carbons (Fsp3) is 0.231. The second-order valence-electron chi connectivity index (χ2n) is 3.77. The maximum Gasteiger partial charge on any atom is 0.151 e. The van der Waals surface area contributed by atoms with Crippen LogP contribution < -0.4 is 0 Å². The molecule has 88 valence electrons. The summed E-state index contributed by atoms with van der Waals surface area (Å²) in [4.78, 5) is 8.19. The highest BCUT2D eigenvalue weighted by Crippen LogP contribution is 2.09. The molecule has 0 radical (unpaired) electrons. The van der Waals surface area contributed by atoms with E-state index in [0.717, 1.165) is 5.69 Å². The van der Waals surface area contributed by atoms with E-state index in [1.54, 1.807) is 18.3 Å². The molecule has 0 saturated carbocycles. The average Bonchev–Trinajstić information content (AvgIpc) is 2.33. The Morgan fingerprint density at radius 2 is 2.29 bits per heavy atom. The SMILES string of the molecule is OC1=CC=CCC1=NC(O)Cc1ccccn1. The highest BCUT2D eigenvalue weighted by Gasteiger charge is 2.10. The minimum Gasteiger partial charge on any atom is -0.506 e. The second-order valence-corrected chi connectivity index (χ2v) is 3.77. The van der Waals surface area contributed by atoms with E-state index in [1.165, 1.54) is 0 Å². The van der Waals surface area contributed by atoms with Gasteiger partial charge in [-0.3, -0.25) is 9.98 Å². The minimum absolute atomic E-state index is 0.118. The number of aromatic nitrogens is 1. The summed E-state index contributed by atoms with van der Waals surface area (Å²) in [5.41, 5.74) is 1.29. The van der Waals surface area contributed by atoms with Crippen molar-refractivity contribution in [1.82, 2.24) is 4.98 Å². The lowest BCUT2D eigenvalue weighted by Crippen LogP contribution is -2.14. The molecule has 1 heterocycles. The molecule has 2 rings (SSSR count). The third-order valence-electron chi connectivity index (χ3n) is 2.42. The van der Waals surface area contributed by atoms with Crippen LogP contribution in [0.15, 0.2) is 53.4 Å². The Hall–Kier alpha value is -1.94. The molecule has 0 aliphatic heterocycles. The van der Waals surface area contributed by atoms with Gasteiger partial charge in [-0.25, -0.2) is 0 Å². The highest BCUT2D eigenvalue weighted by atomic mass is 16.3. The molecule has 1 aliphatic carbocycles. The van der Waals surface area contributed by atoms with Crippen LogP contribution in [0.5, 0.6) is 0 Å². The van der Waals surface area contributed by atoms with E-state index in [1.807, 2.05) is 24.3 Å². The van der Waals surface area contributed by atoms with Crippen LogP contribution in [0, 0.1) is 0 Å². The van der Waals surface area contributed by atoms with Gasteiger partial charge in [-0.1, -0.05) is 18.2 Å². The van der Waals surface area contributed by atoms with Gasteiger partial charge in [-0.2, -0.15) is 0 Å². The summed E-state index contributed by atoms with van der Waals surface area (Å²) < 4.78 is 0. The van der Waals surface area contributed by atoms with Crippen molar-refractivity contribution < 1.29 is 10.2 Å². The Balaban J connectivity index is 2.02. The number of allylic oxidation sites excluding steroid dienone is 4. The van der Waals surface area contributed by atoms with Crippen molar-refractivity contribution in [2.75, 3.05) is 0 Å². The molecule has 0 spiro atoms. The number of pyridine rings is 1. The first-order valence-electron chi connectivity index (χ1n) is 5.46. The van der Waals surface area contributed by atoms with E-state index in [2.05, 4.69) is 9.98 Å². The molecule has 0 fully saturated rings. The number of nitrogens with zero attached hydrogens (tertiary/aromatic N) is 2. The first-order valence-corrected chi connectivity index (χ1v) is 5.46. The summed E-state index contributed by atoms with van der Waals surface area (Å²) >= 11 is 0. The van der Waals surface area contributed by atoms with E-state index in [9.17, 15) is 10.2 Å². The highest BCUT2D eigenvalue weighted by molar-refractivity contribution is 6.00. The summed E-state index contributed by atoms with van der Waals surface area (Å²) in [5, 5.41) is 19.3. The van der Waals surface area contributed by atoms with Gasteiger partial charge in [0.25, 0.3) is 0 Å². The Morgan fingerprint density at radius 3 is 3.00 bits per heavy atom. The molecule has 17 heavy (non-hydrogen) atoms. The van der Waals surface area contributed by atoms with Gasteiger partial charge in [0.1, 0.15) is 5.76 Å². The molecule has 0 aromatic carbocycles. The Morgan fingerprint density at radius 1 is 1.41 bits per heavy atom. The van der Waals surface area contributed by atoms with Gasteiger partial charge in [0, 0.05) is 24.7 Å². The van der Waals surface area contributed by atoms with E-state index in [0.29, 0.717) is 18.6 Å². The number of aliphatic hydroxyl groups is 2. The number of rotatable bonds is 3. The standard InChI is InChI=1S/C13H14N2O2/c16-12-7-2-1-6-11(12)15-13(17)9-10-5-3-4-8-14-10/h1-5,7-8,13,16-17H,6,9H2. The normalized spacial score (nSPS) is 19.1. The summed E-state index contributed by atoms with van der Waals surface area (Å²) in [7, 11) is 0. The summed E-state index contributed by atoms with van der Waals surface area (Å²) in [5.74, 6) is 0.118. The Kier molecular flexibility index (Phi) is 3.67. The number of aliphatic hydroxyl groups excluding tert-OH is 2. The summed E-state index contributed by atoms with van der Waals surface area (Å²) in [6, 6.07) is 5.52. The predicted octanol–water partition coefficient (Wildman–Crippen LogP) is 1.79. The third-order valence-corrected chi connectivity index (χ3v) is 2.42. The second kappa shape index (κ2) is 5.41. The Bertz CT molecular complexity index is 464. The van der Waals surface area contributed by atoms with Crippen LogP contribution in [0.3, 0.4) is 0 Å². The predicted molar refractivity (Wildman–Crippen MR) is 65.9 cm³/mol. The molecule has 0 bridgehead atoms. The molecule has 0 amide bonds. The van der Waals surface area contributed by atoms with E-state index in [4.69, 9.17) is 0 Å². The molecule has 4 heteroatoms. The number of aliphatic imine (C=N–C) groups is 1. The van der Waals surface area contributed by atoms with Crippen molar-refractivity contribution in [1.29, 1.82) is 0 Å². The van der Waals surface area contributed by atoms with Crippen LogP contribution in [0.25, 0.3) is 0 Å². The lowest BCUT2D eigenvalue weighted by atomic mass is 10.1. The molecule has 1 atom stereocenters. The van der Waals surface area contributed by atoms with E-state index < -0.39 is 6.23 Å². The molecular formula is C13H14N2O2. The van der Waals surface area contributed by atoms with Gasteiger partial charge in [0.2, 0.25) is 0 Å². The maximum absolute atomic E-state index is 9.78. The number of hydrogen-bond acceptors (Lipinski definition) is 4. The van der Waals surface area contributed by atoms with Gasteiger partial charge in [0.15, 0.2) is 6.23 Å². The number of hydrogen-bond donors (Lipinski definition) is 2. The smallest absolute Gasteiger partial charge is 0.151 e. The van der Waals surface area contributed by atoms with Crippen LogP contribution in [-0.4, -0.2) is 27.1 Å². The molecule has 4 nitrogen and oxygen atoms in total. The first kappa shape index (κ1) is 11.5. The Labute approximate surface area is 99.7 Å². The van der Waals surface area contributed by atoms with Gasteiger partial charge < -0.3 is 10.2 Å². The molecule has 1 aromatic rings. The molecule has 1 aromatic heterocycles. The molecular weight excluding hydrogens is 216 g/mol. The molecule has 1 aliphatic rings. The third kappa shape index (κ3) is 3.26. The van der Waals surface area contributed by atoms with Crippen molar-refractivity contribution in [3.63, 3.8) is 0 Å². The van der Waals surface area contributed by atoms with E-state index in [-0.39, 0.29) is 5.76 Å². The first-order chi connectivity index (χ1) is 8.25. The van der Waals surface area contributed by atoms with Crippen molar-refractivity contribution in [2.45, 2.75) is 19.1 Å². The van der Waals surface area contributed by atoms with Crippen LogP contribution in [0.1, 0.15) is 12.1 Å². The zero-order chi connectivity index (χ0) is 12.1. The van der Waals surface area contributed by atoms with Crippen molar-refractivity contribution >= 4 is 5.71 Å². The molecule has 0 saturated heterocycles. The zero-order valence-corrected chi connectivity index (χ0v) is 9.32. The topological polar surface area (TPSA) is 65.7 Å². The van der Waals surface area contributed by atoms with Crippen LogP contribution in [0.2, 0.25) is 0 Å². The quantitative estimate of drug-likeness (QED) is 0.831. The van der Waals surface area contributed by atoms with Crippen LogP contribution in [-0.2, 0) is 6.42 Å². The van der Waals surface area contributed by atoms with Crippen molar-refractivity contribution in [3.8, 4) is 0 Å². The van der Waals surface area contributed by atoms with Crippen molar-refractivity contribution in [2.24, 2.45) is 4.99 Å². The lowest BCUT2D eigenvalue weighted by Gasteiger charge is -2.10. The van der Waals surface area contributed by atoms with Crippen LogP contribution >= 0.6 is 0 Å². The van der Waals surface area contributed by atoms with Gasteiger partial charge in [-0.15, -0.1) is 0 Å². The maximum atomic E-state index is 9.78. The van der Waals surface area contributed by atoms with Crippen LogP contribution in [0.4, 0.5) is 0 Å². The van der Waals surface area contributed by atoms with Gasteiger partial charge >= 0.3 is 0 Å². The minimum atomic E-state index is -0.873. The van der Waals surface area contributed by atoms with Crippen molar-refractivity contribution in [3.05, 3.63) is 54.1 Å².